The molecule has 0 spiro atoms. The Morgan fingerprint density at radius 3 is 3.00 bits per heavy atom. The molecule has 0 bridgehead atoms. The number of aromatic amines is 1. The summed E-state index contributed by atoms with van der Waals surface area (Å²) >= 11 is 0. The summed E-state index contributed by atoms with van der Waals surface area (Å²) in [6.07, 6.45) is 5.02. The van der Waals surface area contributed by atoms with E-state index in [9.17, 15) is 4.39 Å². The maximum Gasteiger partial charge on any atom is 0.243 e. The van der Waals surface area contributed by atoms with Crippen LogP contribution in [0.25, 0.3) is 27.9 Å². The van der Waals surface area contributed by atoms with Gasteiger partial charge in [-0.1, -0.05) is 29.8 Å². The van der Waals surface area contributed by atoms with Crippen LogP contribution in [0.1, 0.15) is 12.0 Å². The number of benzene rings is 1. The van der Waals surface area contributed by atoms with Gasteiger partial charge in [-0.2, -0.15) is 10.1 Å². The smallest absolute Gasteiger partial charge is 0.243 e. The number of alkyl halides is 1. The highest BCUT2D eigenvalue weighted by Gasteiger charge is 2.27. The van der Waals surface area contributed by atoms with Crippen LogP contribution in [0.2, 0.25) is 0 Å². The quantitative estimate of drug-likeness (QED) is 0.554. The first-order valence-electron chi connectivity index (χ1n) is 9.63. The number of ether oxygens (including phenoxy) is 1. The van der Waals surface area contributed by atoms with Crippen LogP contribution in [0.5, 0.6) is 0 Å². The normalized spacial score (nSPS) is 19.5. The molecule has 4 aromatic rings. The molecule has 0 amide bonds. The Labute approximate surface area is 166 Å². The molecule has 3 aromatic heterocycles. The molecule has 2 N–H and O–H groups in total. The third kappa shape index (κ3) is 3.36. The van der Waals surface area contributed by atoms with E-state index in [0.717, 1.165) is 27.8 Å². The number of anilines is 1. The highest BCUT2D eigenvalue weighted by atomic mass is 19.1. The largest absolute Gasteiger partial charge is 0.378 e. The maximum atomic E-state index is 14.2. The summed E-state index contributed by atoms with van der Waals surface area (Å²) in [4.78, 5) is 4.72. The number of rotatable bonds is 4. The third-order valence-corrected chi connectivity index (χ3v) is 5.22. The zero-order valence-corrected chi connectivity index (χ0v) is 16.0. The first-order valence-corrected chi connectivity index (χ1v) is 9.63. The van der Waals surface area contributed by atoms with Crippen molar-refractivity contribution in [3.8, 4) is 22.3 Å². The van der Waals surface area contributed by atoms with Crippen LogP contribution in [0, 0.1) is 6.92 Å². The predicted octanol–water partition coefficient (Wildman–Crippen LogP) is 3.63. The highest BCUT2D eigenvalue weighted by Crippen LogP contribution is 2.35. The molecule has 4 heterocycles. The van der Waals surface area contributed by atoms with E-state index >= 15 is 0 Å². The Balaban J connectivity index is 1.64. The molecule has 1 fully saturated rings. The summed E-state index contributed by atoms with van der Waals surface area (Å²) in [5, 5.41) is 14.6. The van der Waals surface area contributed by atoms with E-state index in [4.69, 9.17) is 9.72 Å². The summed E-state index contributed by atoms with van der Waals surface area (Å²) in [5.41, 5.74) is 5.84. The SMILES string of the molecule is Cc1cccc(-c2c(-c3cn[nH]c3)ccn3nc(N[C@H]4CCOC[C@H]4F)nc23)c1. The molecule has 1 aliphatic heterocycles. The van der Waals surface area contributed by atoms with Crippen LogP contribution in [0.3, 0.4) is 0 Å². The van der Waals surface area contributed by atoms with Gasteiger partial charge in [0.25, 0.3) is 0 Å². The van der Waals surface area contributed by atoms with E-state index in [1.807, 2.05) is 24.5 Å². The van der Waals surface area contributed by atoms with Crippen LogP contribution in [-0.2, 0) is 4.74 Å². The van der Waals surface area contributed by atoms with Gasteiger partial charge in [-0.15, -0.1) is 5.10 Å². The molecule has 1 aromatic carbocycles. The number of aromatic nitrogens is 5. The van der Waals surface area contributed by atoms with E-state index in [-0.39, 0.29) is 12.6 Å². The molecule has 0 unspecified atom stereocenters. The van der Waals surface area contributed by atoms with Crippen LogP contribution in [0.15, 0.2) is 48.9 Å². The molecule has 0 saturated carbocycles. The third-order valence-electron chi connectivity index (χ3n) is 5.22. The fraction of sp³-hybridized carbons (Fsp3) is 0.286. The number of hydrogen-bond acceptors (Lipinski definition) is 5. The second kappa shape index (κ2) is 7.29. The molecule has 8 heteroatoms. The molecule has 0 aliphatic carbocycles. The standard InChI is InChI=1S/C21H21FN6O/c1-13-3-2-4-14(9-13)19-16(15-10-23-24-11-15)5-7-28-20(19)26-21(27-28)25-18-6-8-29-12-17(18)22/h2-5,7,9-11,17-18H,6,8,12H2,1H3,(H,23,24)(H,25,27)/t17-,18+/m1/s1. The lowest BCUT2D eigenvalue weighted by Gasteiger charge is -2.26. The first-order chi connectivity index (χ1) is 14.2. The second-order valence-corrected chi connectivity index (χ2v) is 7.29. The van der Waals surface area contributed by atoms with E-state index in [2.05, 4.69) is 45.7 Å². The zero-order valence-electron chi connectivity index (χ0n) is 16.0. The van der Waals surface area contributed by atoms with E-state index in [1.54, 1.807) is 10.7 Å². The number of pyridine rings is 1. The van der Waals surface area contributed by atoms with Crippen molar-refractivity contribution in [1.29, 1.82) is 0 Å². The summed E-state index contributed by atoms with van der Waals surface area (Å²) in [5.74, 6) is 0.415. The molecule has 0 radical (unpaired) electrons. The highest BCUT2D eigenvalue weighted by molar-refractivity contribution is 5.91. The number of hydrogen-bond donors (Lipinski definition) is 2. The number of nitrogens with one attached hydrogen (secondary N) is 2. The molecule has 1 aliphatic rings. The van der Waals surface area contributed by atoms with Crippen LogP contribution < -0.4 is 5.32 Å². The van der Waals surface area contributed by atoms with Gasteiger partial charge in [-0.05, 0) is 30.5 Å². The Kier molecular flexibility index (Phi) is 4.48. The minimum Gasteiger partial charge on any atom is -0.378 e. The van der Waals surface area contributed by atoms with Crippen molar-refractivity contribution in [2.24, 2.45) is 0 Å². The molecule has 2 atom stereocenters. The van der Waals surface area contributed by atoms with Gasteiger partial charge in [0.05, 0.1) is 18.8 Å². The lowest BCUT2D eigenvalue weighted by Crippen LogP contribution is -2.39. The zero-order chi connectivity index (χ0) is 19.8. The number of fused-ring (bicyclic) bond motifs is 1. The van der Waals surface area contributed by atoms with Crippen LogP contribution in [-0.4, -0.2) is 50.2 Å². The summed E-state index contributed by atoms with van der Waals surface area (Å²) < 4.78 is 21.1. The Morgan fingerprint density at radius 1 is 1.28 bits per heavy atom. The summed E-state index contributed by atoms with van der Waals surface area (Å²) in [6, 6.07) is 9.92. The monoisotopic (exact) mass is 392 g/mol. The van der Waals surface area contributed by atoms with Crippen molar-refractivity contribution in [2.45, 2.75) is 25.6 Å². The summed E-state index contributed by atoms with van der Waals surface area (Å²) in [7, 11) is 0. The van der Waals surface area contributed by atoms with Crippen molar-refractivity contribution in [3.05, 3.63) is 54.5 Å². The molecule has 7 nitrogen and oxygen atoms in total. The lowest BCUT2D eigenvalue weighted by atomic mass is 9.96. The average molecular weight is 392 g/mol. The van der Waals surface area contributed by atoms with Gasteiger partial charge in [0.2, 0.25) is 5.95 Å². The van der Waals surface area contributed by atoms with Gasteiger partial charge in [-0.25, -0.2) is 8.91 Å². The molecule has 5 rings (SSSR count). The Morgan fingerprint density at radius 2 is 2.21 bits per heavy atom. The minimum atomic E-state index is -1.08. The van der Waals surface area contributed by atoms with Crippen molar-refractivity contribution < 1.29 is 9.13 Å². The molecule has 29 heavy (non-hydrogen) atoms. The second-order valence-electron chi connectivity index (χ2n) is 7.29. The van der Waals surface area contributed by atoms with Crippen molar-refractivity contribution in [1.82, 2.24) is 24.8 Å². The maximum absolute atomic E-state index is 14.2. The topological polar surface area (TPSA) is 80.1 Å². The Bertz CT molecular complexity index is 1140. The van der Waals surface area contributed by atoms with Gasteiger partial charge in [-0.3, -0.25) is 5.10 Å². The fourth-order valence-electron chi connectivity index (χ4n) is 3.76. The molecular formula is C21H21FN6O. The number of aryl methyl sites for hydroxylation is 1. The number of nitrogens with zero attached hydrogens (tertiary/aromatic N) is 4. The van der Waals surface area contributed by atoms with Crippen molar-refractivity contribution >= 4 is 11.6 Å². The van der Waals surface area contributed by atoms with Gasteiger partial charge in [0, 0.05) is 30.1 Å². The average Bonchev–Trinajstić information content (AvgIpc) is 3.38. The fourth-order valence-corrected chi connectivity index (χ4v) is 3.76. The van der Waals surface area contributed by atoms with E-state index in [0.29, 0.717) is 24.6 Å². The van der Waals surface area contributed by atoms with Crippen LogP contribution in [0.4, 0.5) is 10.3 Å². The van der Waals surface area contributed by atoms with E-state index < -0.39 is 6.17 Å². The first kappa shape index (κ1) is 17.8. The van der Waals surface area contributed by atoms with Crippen molar-refractivity contribution in [2.75, 3.05) is 18.5 Å². The lowest BCUT2D eigenvalue weighted by molar-refractivity contribution is 0.0284. The van der Waals surface area contributed by atoms with Crippen molar-refractivity contribution in [3.63, 3.8) is 0 Å². The van der Waals surface area contributed by atoms with Gasteiger partial charge in [0.1, 0.15) is 6.17 Å². The molecule has 148 valence electrons. The Hall–Kier alpha value is -3.26. The minimum absolute atomic E-state index is 0.101. The van der Waals surface area contributed by atoms with Gasteiger partial charge < -0.3 is 10.1 Å². The number of halogens is 1. The van der Waals surface area contributed by atoms with Gasteiger partial charge in [0.15, 0.2) is 5.65 Å². The number of H-pyrrole nitrogens is 1. The molecular weight excluding hydrogens is 371 g/mol. The van der Waals surface area contributed by atoms with Crippen LogP contribution >= 0.6 is 0 Å². The van der Waals surface area contributed by atoms with Gasteiger partial charge >= 0.3 is 0 Å². The predicted molar refractivity (Wildman–Crippen MR) is 108 cm³/mol. The summed E-state index contributed by atoms with van der Waals surface area (Å²) in [6.45, 7) is 2.69. The van der Waals surface area contributed by atoms with E-state index in [1.165, 1.54) is 0 Å². The molecule has 1 saturated heterocycles.